The quantitative estimate of drug-likeness (QED) is 0.154. The Hall–Kier alpha value is -7.00. The van der Waals surface area contributed by atoms with E-state index < -0.39 is 0 Å². The summed E-state index contributed by atoms with van der Waals surface area (Å²) >= 11 is 1.86. The van der Waals surface area contributed by atoms with Crippen molar-refractivity contribution in [3.63, 3.8) is 0 Å². The van der Waals surface area contributed by atoms with Gasteiger partial charge in [0.25, 0.3) is 0 Å². The molecule has 316 valence electrons. The lowest BCUT2D eigenvalue weighted by atomic mass is 9.43. The molecule has 4 bridgehead atoms. The molecular formula is C64H49NS. The lowest BCUT2D eigenvalue weighted by Gasteiger charge is -2.61. The van der Waals surface area contributed by atoms with E-state index >= 15 is 0 Å². The molecule has 1 nitrogen and oxygen atoms in total. The molecule has 0 amide bonds. The zero-order chi connectivity index (χ0) is 43.3. The molecule has 2 heteroatoms. The van der Waals surface area contributed by atoms with Crippen LogP contribution in [0.25, 0.3) is 75.8 Å². The molecule has 0 N–H and O–H groups in total. The van der Waals surface area contributed by atoms with Crippen LogP contribution in [0, 0.1) is 23.7 Å². The summed E-state index contributed by atoms with van der Waals surface area (Å²) in [7, 11) is 0. The Bertz CT molecular complexity index is 3420. The molecule has 15 rings (SSSR count). The standard InChI is InChI=1S/C64H49NS/c1-2-9-43(10-3-1)47-25-29-52(30-26-47)65(54-33-34-62-58(40-54)56-11-5-7-16-61(56)66-62)53-31-27-48(28-32-53)45-19-17-44(18-20-45)46-21-23-49(24-22-46)55-13-8-15-60-63(55)57-12-4-6-14-59(57)64(60)50-36-41-35-42(38-50)39-51(64)37-41/h1-34,40-42,50-51H,35-39H2. The zero-order valence-corrected chi connectivity index (χ0v) is 37.7. The van der Waals surface area contributed by atoms with E-state index in [1.165, 1.54) is 108 Å². The van der Waals surface area contributed by atoms with Crippen LogP contribution in [0.2, 0.25) is 0 Å². The van der Waals surface area contributed by atoms with Crippen molar-refractivity contribution < 1.29 is 0 Å². The van der Waals surface area contributed by atoms with Crippen LogP contribution in [0.15, 0.2) is 212 Å². The number of nitrogens with zero attached hydrogens (tertiary/aromatic N) is 1. The van der Waals surface area contributed by atoms with Crippen LogP contribution in [0.5, 0.6) is 0 Å². The van der Waals surface area contributed by atoms with Gasteiger partial charge in [-0.3, -0.25) is 0 Å². The normalized spacial score (nSPS) is 21.1. The predicted octanol–water partition coefficient (Wildman–Crippen LogP) is 17.9. The molecule has 0 aliphatic heterocycles. The molecule has 66 heavy (non-hydrogen) atoms. The van der Waals surface area contributed by atoms with Gasteiger partial charge in [0.2, 0.25) is 0 Å². The first-order valence-electron chi connectivity index (χ1n) is 24.1. The van der Waals surface area contributed by atoms with Gasteiger partial charge in [0, 0.05) is 42.6 Å². The fraction of sp³-hybridized carbons (Fsp3) is 0.156. The van der Waals surface area contributed by atoms with Gasteiger partial charge in [0.05, 0.1) is 0 Å². The van der Waals surface area contributed by atoms with E-state index in [0.717, 1.165) is 40.7 Å². The van der Waals surface area contributed by atoms with E-state index in [1.807, 2.05) is 11.3 Å². The van der Waals surface area contributed by atoms with Crippen LogP contribution in [-0.4, -0.2) is 0 Å². The van der Waals surface area contributed by atoms with Crippen molar-refractivity contribution in [3.05, 3.63) is 223 Å². The smallest absolute Gasteiger partial charge is 0.0468 e. The second-order valence-corrected chi connectivity index (χ2v) is 20.8. The maximum atomic E-state index is 2.51. The maximum Gasteiger partial charge on any atom is 0.0468 e. The summed E-state index contributed by atoms with van der Waals surface area (Å²) in [6.45, 7) is 0. The van der Waals surface area contributed by atoms with Crippen LogP contribution >= 0.6 is 11.3 Å². The Balaban J connectivity index is 0.759. The third-order valence-corrected chi connectivity index (χ3v) is 17.5. The lowest BCUT2D eigenvalue weighted by Crippen LogP contribution is -2.55. The molecule has 1 spiro atoms. The fourth-order valence-electron chi connectivity index (χ4n) is 13.7. The fourth-order valence-corrected chi connectivity index (χ4v) is 14.8. The summed E-state index contributed by atoms with van der Waals surface area (Å²) in [5.41, 5.74) is 19.9. The number of rotatable bonds is 7. The minimum Gasteiger partial charge on any atom is -0.310 e. The van der Waals surface area contributed by atoms with Crippen molar-refractivity contribution in [1.82, 2.24) is 0 Å². The molecule has 1 heterocycles. The van der Waals surface area contributed by atoms with Gasteiger partial charge in [-0.2, -0.15) is 0 Å². The van der Waals surface area contributed by atoms with Crippen LogP contribution in [-0.2, 0) is 5.41 Å². The van der Waals surface area contributed by atoms with E-state index in [4.69, 9.17) is 0 Å². The predicted molar refractivity (Wildman–Crippen MR) is 279 cm³/mol. The third kappa shape index (κ3) is 5.90. The van der Waals surface area contributed by atoms with Gasteiger partial charge in [-0.25, -0.2) is 0 Å². The molecule has 1 aromatic heterocycles. The average Bonchev–Trinajstić information content (AvgIpc) is 3.90. The molecule has 0 radical (unpaired) electrons. The topological polar surface area (TPSA) is 3.24 Å². The van der Waals surface area contributed by atoms with Crippen LogP contribution < -0.4 is 4.90 Å². The summed E-state index contributed by atoms with van der Waals surface area (Å²) in [6.07, 6.45) is 7.14. The highest BCUT2D eigenvalue weighted by molar-refractivity contribution is 7.25. The van der Waals surface area contributed by atoms with Crippen LogP contribution in [0.4, 0.5) is 17.1 Å². The summed E-state index contributed by atoms with van der Waals surface area (Å²) in [5, 5.41) is 2.61. The van der Waals surface area contributed by atoms with Gasteiger partial charge in [0.15, 0.2) is 0 Å². The first-order valence-corrected chi connectivity index (χ1v) is 24.9. The van der Waals surface area contributed by atoms with E-state index in [1.54, 1.807) is 11.1 Å². The highest BCUT2D eigenvalue weighted by Gasteiger charge is 2.61. The molecule has 0 saturated heterocycles. The van der Waals surface area contributed by atoms with Crippen molar-refractivity contribution >= 4 is 48.6 Å². The summed E-state index contributed by atoms with van der Waals surface area (Å²) in [4.78, 5) is 2.39. The molecule has 4 fully saturated rings. The van der Waals surface area contributed by atoms with Crippen molar-refractivity contribution in [2.75, 3.05) is 4.90 Å². The Labute approximate surface area is 391 Å². The van der Waals surface area contributed by atoms with Gasteiger partial charge in [-0.1, -0.05) is 164 Å². The molecule has 0 unspecified atom stereocenters. The van der Waals surface area contributed by atoms with Gasteiger partial charge >= 0.3 is 0 Å². The van der Waals surface area contributed by atoms with Crippen LogP contribution in [0.1, 0.15) is 43.2 Å². The van der Waals surface area contributed by atoms with E-state index in [2.05, 4.69) is 217 Å². The monoisotopic (exact) mass is 863 g/mol. The van der Waals surface area contributed by atoms with Gasteiger partial charge < -0.3 is 4.90 Å². The first kappa shape index (κ1) is 38.3. The molecule has 4 saturated carbocycles. The van der Waals surface area contributed by atoms with E-state index in [-0.39, 0.29) is 5.41 Å². The molecule has 10 aromatic rings. The Morgan fingerprint density at radius 2 is 0.818 bits per heavy atom. The second-order valence-electron chi connectivity index (χ2n) is 19.7. The van der Waals surface area contributed by atoms with Crippen molar-refractivity contribution in [3.8, 4) is 55.6 Å². The molecular weight excluding hydrogens is 815 g/mol. The molecule has 5 aliphatic carbocycles. The first-order chi connectivity index (χ1) is 32.7. The van der Waals surface area contributed by atoms with Gasteiger partial charge in [-0.15, -0.1) is 11.3 Å². The third-order valence-electron chi connectivity index (χ3n) is 16.3. The Morgan fingerprint density at radius 3 is 1.45 bits per heavy atom. The summed E-state index contributed by atoms with van der Waals surface area (Å²) in [6, 6.07) is 79.6. The second kappa shape index (κ2) is 15.0. The number of benzene rings is 9. The average molecular weight is 864 g/mol. The van der Waals surface area contributed by atoms with Crippen molar-refractivity contribution in [2.45, 2.75) is 37.5 Å². The minimum absolute atomic E-state index is 0.195. The Morgan fingerprint density at radius 1 is 0.348 bits per heavy atom. The van der Waals surface area contributed by atoms with E-state index in [0.29, 0.717) is 0 Å². The number of thiophene rings is 1. The highest BCUT2D eigenvalue weighted by atomic mass is 32.1. The SMILES string of the molecule is c1ccc(-c2ccc(N(c3ccc(-c4ccc(-c5ccc(-c6cccc7c6-c6ccccc6C76C7CC8CC(C7)CC6C8)cc5)cc4)cc3)c3ccc4sc5ccccc5c4c3)cc2)cc1. The summed E-state index contributed by atoms with van der Waals surface area (Å²) < 4.78 is 2.63. The van der Waals surface area contributed by atoms with E-state index in [9.17, 15) is 0 Å². The number of hydrogen-bond acceptors (Lipinski definition) is 2. The largest absolute Gasteiger partial charge is 0.310 e. The highest BCUT2D eigenvalue weighted by Crippen LogP contribution is 2.70. The number of anilines is 3. The van der Waals surface area contributed by atoms with Crippen molar-refractivity contribution in [1.29, 1.82) is 0 Å². The maximum absolute atomic E-state index is 2.51. The lowest BCUT2D eigenvalue weighted by molar-refractivity contribution is -0.0399. The Kier molecular flexibility index (Phi) is 8.71. The number of hydrogen-bond donors (Lipinski definition) is 0. The summed E-state index contributed by atoms with van der Waals surface area (Å²) in [5.74, 6) is 3.46. The molecule has 9 aromatic carbocycles. The number of fused-ring (bicyclic) bond motifs is 6. The zero-order valence-electron chi connectivity index (χ0n) is 36.9. The van der Waals surface area contributed by atoms with Gasteiger partial charge in [0.1, 0.15) is 0 Å². The molecule has 0 atom stereocenters. The van der Waals surface area contributed by atoms with Crippen molar-refractivity contribution in [2.24, 2.45) is 23.7 Å². The minimum atomic E-state index is 0.195. The molecule has 5 aliphatic rings. The van der Waals surface area contributed by atoms with Gasteiger partial charge in [-0.05, 0) is 171 Å². The van der Waals surface area contributed by atoms with Crippen LogP contribution in [0.3, 0.4) is 0 Å².